The maximum absolute atomic E-state index is 11.9. The van der Waals surface area contributed by atoms with Gasteiger partial charge in [-0.3, -0.25) is 19.2 Å². The molecular formula is C20H25NO8S. The highest BCUT2D eigenvalue weighted by Gasteiger charge is 2.51. The number of carbonyl (C=O) groups excluding carboxylic acids is 4. The topological polar surface area (TPSA) is 117 Å². The zero-order chi connectivity index (χ0) is 22.3. The summed E-state index contributed by atoms with van der Waals surface area (Å²) in [4.78, 5) is 47.6. The van der Waals surface area contributed by atoms with Crippen molar-refractivity contribution >= 4 is 35.6 Å². The molecule has 1 aromatic rings. The second kappa shape index (κ2) is 11.0. The molecule has 2 rings (SSSR count). The molecule has 1 saturated heterocycles. The summed E-state index contributed by atoms with van der Waals surface area (Å²) < 4.78 is 22.0. The summed E-state index contributed by atoms with van der Waals surface area (Å²) in [6.45, 7) is 4.76. The van der Waals surface area contributed by atoms with Crippen molar-refractivity contribution in [3.8, 4) is 0 Å². The van der Waals surface area contributed by atoms with Crippen LogP contribution >= 0.6 is 11.8 Å². The number of rotatable bonds is 7. The zero-order valence-corrected chi connectivity index (χ0v) is 18.0. The van der Waals surface area contributed by atoms with Gasteiger partial charge in [-0.25, -0.2) is 0 Å². The van der Waals surface area contributed by atoms with Gasteiger partial charge < -0.3 is 24.3 Å². The molecule has 1 fully saturated rings. The molecule has 1 aliphatic rings. The molecule has 0 saturated carbocycles. The van der Waals surface area contributed by atoms with Crippen LogP contribution in [0.25, 0.3) is 0 Å². The number of ether oxygens (including phenoxy) is 4. The van der Waals surface area contributed by atoms with E-state index in [1.807, 2.05) is 30.3 Å². The molecular weight excluding hydrogens is 414 g/mol. The Morgan fingerprint density at radius 1 is 0.933 bits per heavy atom. The first-order valence-corrected chi connectivity index (χ1v) is 10.2. The molecule has 1 aliphatic heterocycles. The molecule has 0 radical (unpaired) electrons. The number of benzene rings is 1. The molecule has 1 amide bonds. The summed E-state index contributed by atoms with van der Waals surface area (Å²) in [5.41, 5.74) is -0.715. The molecule has 0 unspecified atom stereocenters. The third kappa shape index (κ3) is 7.03. The van der Waals surface area contributed by atoms with Crippen molar-refractivity contribution < 1.29 is 38.1 Å². The van der Waals surface area contributed by atoms with E-state index < -0.39 is 47.7 Å². The fourth-order valence-corrected chi connectivity index (χ4v) is 4.17. The molecule has 0 aromatic heterocycles. The fourth-order valence-electron chi connectivity index (χ4n) is 3.02. The number of amides is 1. The number of esters is 3. The van der Waals surface area contributed by atoms with Crippen LogP contribution in [0.5, 0.6) is 0 Å². The lowest BCUT2D eigenvalue weighted by Crippen LogP contribution is -2.65. The van der Waals surface area contributed by atoms with Crippen LogP contribution in [0, 0.1) is 0 Å². The maximum atomic E-state index is 11.9. The normalized spacial score (nSPS) is 25.7. The minimum absolute atomic E-state index is 0.219. The molecule has 1 heterocycles. The fraction of sp³-hybridized carbons (Fsp3) is 0.500. The number of nitrogens with one attached hydrogen (secondary N) is 1. The van der Waals surface area contributed by atoms with E-state index in [-0.39, 0.29) is 12.5 Å². The van der Waals surface area contributed by atoms with Gasteiger partial charge in [-0.2, -0.15) is 0 Å². The predicted molar refractivity (Wildman–Crippen MR) is 106 cm³/mol. The lowest BCUT2D eigenvalue weighted by Gasteiger charge is -2.45. The van der Waals surface area contributed by atoms with Gasteiger partial charge >= 0.3 is 17.9 Å². The predicted octanol–water partition coefficient (Wildman–Crippen LogP) is 1.43. The lowest BCUT2D eigenvalue weighted by atomic mass is 9.97. The molecule has 10 heteroatoms. The highest BCUT2D eigenvalue weighted by molar-refractivity contribution is 7.99. The van der Waals surface area contributed by atoms with Crippen LogP contribution < -0.4 is 5.32 Å². The van der Waals surface area contributed by atoms with Gasteiger partial charge in [0.1, 0.15) is 24.2 Å². The van der Waals surface area contributed by atoms with Gasteiger partial charge in [0.15, 0.2) is 12.2 Å². The Kier molecular flexibility index (Phi) is 8.67. The summed E-state index contributed by atoms with van der Waals surface area (Å²) >= 11 is 1.30. The van der Waals surface area contributed by atoms with Gasteiger partial charge in [0.2, 0.25) is 5.91 Å². The third-order valence-corrected chi connectivity index (χ3v) is 5.25. The van der Waals surface area contributed by atoms with Crippen LogP contribution in [0.3, 0.4) is 0 Å². The van der Waals surface area contributed by atoms with Crippen molar-refractivity contribution in [3.63, 3.8) is 0 Å². The van der Waals surface area contributed by atoms with Crippen molar-refractivity contribution in [2.45, 2.75) is 62.4 Å². The van der Waals surface area contributed by atoms with Gasteiger partial charge in [-0.1, -0.05) is 30.0 Å². The highest BCUT2D eigenvalue weighted by atomic mass is 32.2. The summed E-state index contributed by atoms with van der Waals surface area (Å²) in [6.07, 6.45) is -3.05. The number of hydrogen-bond acceptors (Lipinski definition) is 9. The SMILES string of the molecule is CC(=O)N[C@H]1[C@@H](OC(C)=O)[C@H](OC(C)=O)[C@@H](COC(C)=O)O[C@H]1Sc1ccccc1. The van der Waals surface area contributed by atoms with E-state index in [0.29, 0.717) is 0 Å². The first-order chi connectivity index (χ1) is 14.2. The Balaban J connectivity index is 2.42. The molecule has 30 heavy (non-hydrogen) atoms. The van der Waals surface area contributed by atoms with Gasteiger partial charge in [0.25, 0.3) is 0 Å². The Morgan fingerprint density at radius 2 is 1.53 bits per heavy atom. The van der Waals surface area contributed by atoms with E-state index >= 15 is 0 Å². The van der Waals surface area contributed by atoms with Crippen molar-refractivity contribution in [1.82, 2.24) is 5.32 Å². The molecule has 9 nitrogen and oxygen atoms in total. The van der Waals surface area contributed by atoms with E-state index in [0.717, 1.165) is 4.90 Å². The summed E-state index contributed by atoms with van der Waals surface area (Å²) in [6, 6.07) is 8.45. The van der Waals surface area contributed by atoms with E-state index in [1.165, 1.54) is 39.5 Å². The monoisotopic (exact) mass is 439 g/mol. The lowest BCUT2D eigenvalue weighted by molar-refractivity contribution is -0.211. The van der Waals surface area contributed by atoms with Gasteiger partial charge in [0, 0.05) is 32.6 Å². The van der Waals surface area contributed by atoms with E-state index in [4.69, 9.17) is 18.9 Å². The van der Waals surface area contributed by atoms with Gasteiger partial charge in [-0.15, -0.1) is 0 Å². The summed E-state index contributed by atoms with van der Waals surface area (Å²) in [7, 11) is 0. The van der Waals surface area contributed by atoms with Crippen LogP contribution in [-0.2, 0) is 38.1 Å². The molecule has 1 N–H and O–H groups in total. The highest BCUT2D eigenvalue weighted by Crippen LogP contribution is 2.36. The number of hydrogen-bond donors (Lipinski definition) is 1. The minimum atomic E-state index is -1.09. The van der Waals surface area contributed by atoms with Crippen molar-refractivity contribution in [2.75, 3.05) is 6.61 Å². The molecule has 164 valence electrons. The quantitative estimate of drug-likeness (QED) is 0.497. The van der Waals surface area contributed by atoms with Crippen LogP contribution in [0.2, 0.25) is 0 Å². The summed E-state index contributed by atoms with van der Waals surface area (Å²) in [5.74, 6) is -2.17. The van der Waals surface area contributed by atoms with Crippen LogP contribution in [0.15, 0.2) is 35.2 Å². The number of carbonyl (C=O) groups is 4. The van der Waals surface area contributed by atoms with Crippen molar-refractivity contribution in [3.05, 3.63) is 30.3 Å². The van der Waals surface area contributed by atoms with E-state index in [2.05, 4.69) is 5.32 Å². The van der Waals surface area contributed by atoms with Crippen molar-refractivity contribution in [1.29, 1.82) is 0 Å². The smallest absolute Gasteiger partial charge is 0.303 e. The average Bonchev–Trinajstić information content (AvgIpc) is 2.64. The Morgan fingerprint density at radius 3 is 2.07 bits per heavy atom. The summed E-state index contributed by atoms with van der Waals surface area (Å²) in [5, 5.41) is 2.74. The Bertz CT molecular complexity index is 771. The van der Waals surface area contributed by atoms with Crippen LogP contribution in [-0.4, -0.2) is 60.2 Å². The Labute approximate surface area is 178 Å². The largest absolute Gasteiger partial charge is 0.463 e. The molecule has 0 aliphatic carbocycles. The standard InChI is InChI=1S/C20H25NO8S/c1-11(22)21-17-19(28-14(4)25)18(27-13(3)24)16(10-26-12(2)23)29-20(17)30-15-8-6-5-7-9-15/h5-9,16-20H,10H2,1-4H3,(H,21,22)/t16-,17+,18-,19-,20+/m1/s1. The van der Waals surface area contributed by atoms with Crippen LogP contribution in [0.1, 0.15) is 27.7 Å². The second-order valence-electron chi connectivity index (χ2n) is 6.65. The molecule has 1 aromatic carbocycles. The minimum Gasteiger partial charge on any atom is -0.463 e. The molecule has 0 spiro atoms. The maximum Gasteiger partial charge on any atom is 0.303 e. The first kappa shape index (κ1) is 23.7. The second-order valence-corrected chi connectivity index (χ2v) is 7.82. The van der Waals surface area contributed by atoms with E-state index in [9.17, 15) is 19.2 Å². The average molecular weight is 439 g/mol. The van der Waals surface area contributed by atoms with Gasteiger partial charge in [-0.05, 0) is 12.1 Å². The van der Waals surface area contributed by atoms with Crippen molar-refractivity contribution in [2.24, 2.45) is 0 Å². The molecule has 5 atom stereocenters. The third-order valence-electron chi connectivity index (χ3n) is 4.07. The first-order valence-electron chi connectivity index (χ1n) is 9.29. The molecule has 0 bridgehead atoms. The zero-order valence-electron chi connectivity index (χ0n) is 17.2. The van der Waals surface area contributed by atoms with Crippen LogP contribution in [0.4, 0.5) is 0 Å². The Hall–Kier alpha value is -2.59. The number of thioether (sulfide) groups is 1. The van der Waals surface area contributed by atoms with E-state index in [1.54, 1.807) is 0 Å². The van der Waals surface area contributed by atoms with Gasteiger partial charge in [0.05, 0.1) is 0 Å².